The molecule has 1 heterocycles. The highest BCUT2D eigenvalue weighted by Crippen LogP contribution is 2.34. The van der Waals surface area contributed by atoms with Gasteiger partial charge in [0.25, 0.3) is 0 Å². The first-order chi connectivity index (χ1) is 16.1. The Kier molecular flexibility index (Phi) is 6.75. The van der Waals surface area contributed by atoms with E-state index >= 15 is 0 Å². The van der Waals surface area contributed by atoms with Gasteiger partial charge in [-0.2, -0.15) is 0 Å². The minimum atomic E-state index is -1.04. The second kappa shape index (κ2) is 10.1. The number of rotatable bonds is 8. The van der Waals surface area contributed by atoms with Crippen LogP contribution < -0.4 is 20.3 Å². The number of amidine groups is 1. The molecule has 3 N–H and O–H groups in total. The van der Waals surface area contributed by atoms with Crippen molar-refractivity contribution < 1.29 is 24.2 Å². The van der Waals surface area contributed by atoms with Crippen LogP contribution in [-0.4, -0.2) is 37.7 Å². The maximum atomic E-state index is 11.6. The lowest BCUT2D eigenvalue weighted by Crippen LogP contribution is -2.27. The number of carboxylic acid groups (broad SMARTS) is 1. The summed E-state index contributed by atoms with van der Waals surface area (Å²) in [6.07, 6.45) is -0.353. The van der Waals surface area contributed by atoms with E-state index in [9.17, 15) is 9.90 Å². The molecule has 33 heavy (non-hydrogen) atoms. The number of carbonyl (C=O) groups is 1. The van der Waals surface area contributed by atoms with Crippen molar-refractivity contribution in [3.8, 4) is 11.5 Å². The molecule has 1 aliphatic heterocycles. The van der Waals surface area contributed by atoms with Gasteiger partial charge in [-0.3, -0.25) is 10.3 Å². The summed E-state index contributed by atoms with van der Waals surface area (Å²) in [6, 6.07) is 21.9. The molecule has 4 rings (SSSR count). The number of ether oxygens (including phenoxy) is 2. The fourth-order valence-electron chi connectivity index (χ4n) is 3.72. The second-order valence-corrected chi connectivity index (χ2v) is 7.42. The Morgan fingerprint density at radius 1 is 1.03 bits per heavy atom. The van der Waals surface area contributed by atoms with Crippen LogP contribution in [0.5, 0.6) is 11.5 Å². The summed E-state index contributed by atoms with van der Waals surface area (Å²) in [5.74, 6) is 0.735. The molecular weight excluding hydrogens is 422 g/mol. The van der Waals surface area contributed by atoms with E-state index in [0.717, 1.165) is 22.7 Å². The van der Waals surface area contributed by atoms with Crippen molar-refractivity contribution in [1.82, 2.24) is 5.48 Å². The van der Waals surface area contributed by atoms with E-state index in [1.54, 1.807) is 32.4 Å². The number of nitrogens with zero attached hydrogens (tertiary/aromatic N) is 1. The van der Waals surface area contributed by atoms with Gasteiger partial charge in [-0.25, -0.2) is 9.79 Å². The van der Waals surface area contributed by atoms with Crippen molar-refractivity contribution in [2.24, 2.45) is 10.9 Å². The first kappa shape index (κ1) is 22.2. The molecule has 1 fully saturated rings. The fourth-order valence-corrected chi connectivity index (χ4v) is 3.72. The molecular formula is C25H25N3O5. The van der Waals surface area contributed by atoms with Crippen molar-refractivity contribution >= 4 is 23.2 Å². The summed E-state index contributed by atoms with van der Waals surface area (Å²) in [4.78, 5) is 22.2. The molecule has 0 radical (unpaired) electrons. The summed E-state index contributed by atoms with van der Waals surface area (Å²) in [7, 11) is 3.24. The summed E-state index contributed by atoms with van der Waals surface area (Å²) in [5.41, 5.74) is 5.17. The van der Waals surface area contributed by atoms with E-state index < -0.39 is 5.97 Å². The predicted octanol–water partition coefficient (Wildman–Crippen LogP) is 4.44. The van der Waals surface area contributed by atoms with E-state index in [1.807, 2.05) is 48.5 Å². The normalized spacial score (nSPS) is 18.5. The SMILES string of the molecule is COc1ccc(C2ONC(=Nc3ccccc3C(=O)O)C2CNc2ccccc2OC)cc1. The number of methoxy groups -OCH3 is 2. The monoisotopic (exact) mass is 447 g/mol. The lowest BCUT2D eigenvalue weighted by molar-refractivity contribution is 0.0296. The summed E-state index contributed by atoms with van der Waals surface area (Å²) in [6.45, 7) is 0.470. The van der Waals surface area contributed by atoms with Crippen LogP contribution in [0.15, 0.2) is 77.8 Å². The van der Waals surface area contributed by atoms with Gasteiger partial charge in [0.15, 0.2) is 0 Å². The molecule has 2 unspecified atom stereocenters. The Labute approximate surface area is 191 Å². The maximum Gasteiger partial charge on any atom is 0.337 e. The van der Waals surface area contributed by atoms with Gasteiger partial charge in [-0.05, 0) is 42.0 Å². The lowest BCUT2D eigenvalue weighted by atomic mass is 9.95. The highest BCUT2D eigenvalue weighted by atomic mass is 16.7. The number of aromatic carboxylic acids is 1. The highest BCUT2D eigenvalue weighted by molar-refractivity contribution is 5.96. The van der Waals surface area contributed by atoms with Crippen LogP contribution in [-0.2, 0) is 4.84 Å². The Hall–Kier alpha value is -4.04. The van der Waals surface area contributed by atoms with Crippen LogP contribution in [0.3, 0.4) is 0 Å². The van der Waals surface area contributed by atoms with E-state index in [2.05, 4.69) is 15.8 Å². The summed E-state index contributed by atoms with van der Waals surface area (Å²) < 4.78 is 10.7. The van der Waals surface area contributed by atoms with Crippen molar-refractivity contribution in [3.63, 3.8) is 0 Å². The predicted molar refractivity (Wildman–Crippen MR) is 125 cm³/mol. The molecule has 3 aromatic rings. The van der Waals surface area contributed by atoms with Crippen LogP contribution in [0.25, 0.3) is 0 Å². The molecule has 3 aromatic carbocycles. The number of hydrogen-bond donors (Lipinski definition) is 3. The van der Waals surface area contributed by atoms with Crippen molar-refractivity contribution in [1.29, 1.82) is 0 Å². The first-order valence-corrected chi connectivity index (χ1v) is 10.4. The smallest absolute Gasteiger partial charge is 0.337 e. The van der Waals surface area contributed by atoms with E-state index in [1.165, 1.54) is 6.07 Å². The van der Waals surface area contributed by atoms with Gasteiger partial charge in [0, 0.05) is 6.54 Å². The topological polar surface area (TPSA) is 101 Å². The van der Waals surface area contributed by atoms with E-state index in [0.29, 0.717) is 18.1 Å². The number of aliphatic imine (C=N–C) groups is 1. The molecule has 0 saturated carbocycles. The van der Waals surface area contributed by atoms with Gasteiger partial charge in [0.1, 0.15) is 23.4 Å². The maximum absolute atomic E-state index is 11.6. The van der Waals surface area contributed by atoms with Gasteiger partial charge in [0.2, 0.25) is 0 Å². The Morgan fingerprint density at radius 3 is 2.48 bits per heavy atom. The van der Waals surface area contributed by atoms with Gasteiger partial charge in [-0.15, -0.1) is 0 Å². The quantitative estimate of drug-likeness (QED) is 0.469. The number of para-hydroxylation sites is 3. The van der Waals surface area contributed by atoms with Gasteiger partial charge >= 0.3 is 5.97 Å². The molecule has 1 aliphatic rings. The summed E-state index contributed by atoms with van der Waals surface area (Å²) >= 11 is 0. The fraction of sp³-hybridized carbons (Fsp3) is 0.200. The molecule has 8 heteroatoms. The largest absolute Gasteiger partial charge is 0.497 e. The zero-order chi connectivity index (χ0) is 23.2. The zero-order valence-corrected chi connectivity index (χ0v) is 18.3. The van der Waals surface area contributed by atoms with Crippen LogP contribution in [0.2, 0.25) is 0 Å². The number of anilines is 1. The molecule has 0 aliphatic carbocycles. The molecule has 8 nitrogen and oxygen atoms in total. The van der Waals surface area contributed by atoms with Crippen LogP contribution in [0, 0.1) is 5.92 Å². The Balaban J connectivity index is 1.67. The van der Waals surface area contributed by atoms with Crippen molar-refractivity contribution in [3.05, 3.63) is 83.9 Å². The van der Waals surface area contributed by atoms with E-state index in [-0.39, 0.29) is 17.6 Å². The third-order valence-electron chi connectivity index (χ3n) is 5.45. The molecule has 0 bridgehead atoms. The highest BCUT2D eigenvalue weighted by Gasteiger charge is 2.36. The average Bonchev–Trinajstić information content (AvgIpc) is 3.25. The van der Waals surface area contributed by atoms with Crippen molar-refractivity contribution in [2.75, 3.05) is 26.1 Å². The average molecular weight is 447 g/mol. The van der Waals surface area contributed by atoms with Gasteiger partial charge in [0.05, 0.1) is 37.1 Å². The van der Waals surface area contributed by atoms with E-state index in [4.69, 9.17) is 14.3 Å². The van der Waals surface area contributed by atoms with Crippen LogP contribution in [0.4, 0.5) is 11.4 Å². The minimum absolute atomic E-state index is 0.121. The first-order valence-electron chi connectivity index (χ1n) is 10.4. The summed E-state index contributed by atoms with van der Waals surface area (Å²) in [5, 5.41) is 13.0. The third-order valence-corrected chi connectivity index (χ3v) is 5.45. The Morgan fingerprint density at radius 2 is 1.76 bits per heavy atom. The molecule has 0 spiro atoms. The number of carboxylic acids is 1. The Bertz CT molecular complexity index is 1150. The minimum Gasteiger partial charge on any atom is -0.497 e. The number of nitrogens with one attached hydrogen (secondary N) is 2. The molecule has 1 saturated heterocycles. The standard InChI is InChI=1S/C25H25N3O5/c1-31-17-13-11-16(12-14-17)23-19(15-26-21-9-5-6-10-22(21)32-2)24(28-33-23)27-20-8-4-3-7-18(20)25(29)30/h3-14,19,23,26H,15H2,1-2H3,(H,27,28)(H,29,30). The number of benzene rings is 3. The zero-order valence-electron chi connectivity index (χ0n) is 18.3. The number of hydroxylamine groups is 1. The lowest BCUT2D eigenvalue weighted by Gasteiger charge is -2.19. The van der Waals surface area contributed by atoms with Crippen molar-refractivity contribution in [2.45, 2.75) is 6.10 Å². The molecule has 0 aromatic heterocycles. The third kappa shape index (κ3) is 4.91. The molecule has 170 valence electrons. The molecule has 0 amide bonds. The molecule has 2 atom stereocenters. The van der Waals surface area contributed by atoms with Gasteiger partial charge < -0.3 is 19.9 Å². The van der Waals surface area contributed by atoms with Crippen LogP contribution >= 0.6 is 0 Å². The van der Waals surface area contributed by atoms with Crippen LogP contribution in [0.1, 0.15) is 22.0 Å². The number of hydrogen-bond acceptors (Lipinski definition) is 6. The second-order valence-electron chi connectivity index (χ2n) is 7.42. The van der Waals surface area contributed by atoms with Gasteiger partial charge in [-0.1, -0.05) is 36.4 Å².